The molecule has 3 nitrogen and oxygen atoms in total. The fourth-order valence-corrected chi connectivity index (χ4v) is 2.70. The Morgan fingerprint density at radius 2 is 1.40 bits per heavy atom. The first-order chi connectivity index (χ1) is 11.8. The Balaban J connectivity index is 0.00000225. The predicted octanol–water partition coefficient (Wildman–Crippen LogP) is 1.84. The van der Waals surface area contributed by atoms with Gasteiger partial charge in [-0.05, 0) is 11.6 Å². The smallest absolute Gasteiger partial charge is 0.674 e. The van der Waals surface area contributed by atoms with Gasteiger partial charge in [0.15, 0.2) is 0 Å². The van der Waals surface area contributed by atoms with E-state index >= 15 is 0 Å². The van der Waals surface area contributed by atoms with Gasteiger partial charge in [0, 0.05) is 12.6 Å². The number of amides is 1. The van der Waals surface area contributed by atoms with Crippen molar-refractivity contribution in [3.05, 3.63) is 107 Å². The molecule has 1 unspecified atom stereocenters. The summed E-state index contributed by atoms with van der Waals surface area (Å²) in [5.74, 6) is -0.102. The van der Waals surface area contributed by atoms with Crippen LogP contribution in [0, 0.1) is 0 Å². The van der Waals surface area contributed by atoms with E-state index in [-0.39, 0.29) is 30.8 Å². The van der Waals surface area contributed by atoms with E-state index in [1.807, 2.05) is 84.9 Å². The molecule has 120 valence electrons. The van der Waals surface area contributed by atoms with Crippen LogP contribution >= 0.6 is 0 Å². The van der Waals surface area contributed by atoms with Gasteiger partial charge in [0.1, 0.15) is 0 Å². The molecule has 3 aromatic carbocycles. The van der Waals surface area contributed by atoms with E-state index < -0.39 is 0 Å². The first-order valence-corrected chi connectivity index (χ1v) is 7.91. The third kappa shape index (κ3) is 4.54. The molecule has 1 atom stereocenters. The van der Waals surface area contributed by atoms with Crippen LogP contribution in [0.3, 0.4) is 0 Å². The summed E-state index contributed by atoms with van der Waals surface area (Å²) < 4.78 is 0. The largest absolute Gasteiger partial charge is 1.00 e. The van der Waals surface area contributed by atoms with Crippen molar-refractivity contribution in [3.8, 4) is 0 Å². The summed E-state index contributed by atoms with van der Waals surface area (Å²) in [6.07, 6.45) is 0. The number of carbonyl (C=O) groups excluding carboxylic acids is 1. The predicted molar refractivity (Wildman–Crippen MR) is 97.6 cm³/mol. The van der Waals surface area contributed by atoms with Crippen molar-refractivity contribution >= 4 is 11.6 Å². The maximum Gasteiger partial charge on any atom is 1.00 e. The van der Waals surface area contributed by atoms with Crippen LogP contribution in [0.25, 0.3) is 5.32 Å². The van der Waals surface area contributed by atoms with Crippen LogP contribution in [0.4, 0.5) is 5.69 Å². The summed E-state index contributed by atoms with van der Waals surface area (Å²) in [4.78, 5) is 12.3. The summed E-state index contributed by atoms with van der Waals surface area (Å²) in [7, 11) is 1.64. The Morgan fingerprint density at radius 1 is 0.840 bits per heavy atom. The average molecular weight is 322 g/mol. The summed E-state index contributed by atoms with van der Waals surface area (Å²) in [5, 5.41) is 7.61. The quantitative estimate of drug-likeness (QED) is 0.716. The van der Waals surface area contributed by atoms with Gasteiger partial charge in [-0.25, -0.2) is 0 Å². The Labute approximate surface area is 160 Å². The normalized spacial score (nSPS) is 11.1. The number of hydrogen-bond acceptors (Lipinski definition) is 1. The topological polar surface area (TPSA) is 43.2 Å². The number of rotatable bonds is 5. The van der Waals surface area contributed by atoms with Crippen LogP contribution < -0.4 is 24.2 Å². The minimum atomic E-state index is -0.234. The van der Waals surface area contributed by atoms with Crippen molar-refractivity contribution in [1.29, 1.82) is 0 Å². The molecule has 0 aliphatic rings. The SMILES string of the molecule is CNC(=O)c1ccccc1C([N-]c1ccccc1)c1ccccc1.[Li+]. The first-order valence-electron chi connectivity index (χ1n) is 7.91. The second kappa shape index (κ2) is 9.13. The van der Waals surface area contributed by atoms with Crippen LogP contribution in [0.2, 0.25) is 0 Å². The minimum absolute atomic E-state index is 0. The Kier molecular flexibility index (Phi) is 6.88. The first kappa shape index (κ1) is 18.9. The van der Waals surface area contributed by atoms with Gasteiger partial charge in [0.25, 0.3) is 5.91 Å². The number of carbonyl (C=O) groups is 1. The molecule has 0 bridgehead atoms. The molecule has 1 amide bonds. The van der Waals surface area contributed by atoms with E-state index in [1.165, 1.54) is 0 Å². The zero-order valence-electron chi connectivity index (χ0n) is 14.5. The van der Waals surface area contributed by atoms with Crippen LogP contribution in [0.5, 0.6) is 0 Å². The number of para-hydroxylation sites is 1. The fourth-order valence-electron chi connectivity index (χ4n) is 2.70. The molecule has 0 heterocycles. The molecule has 25 heavy (non-hydrogen) atoms. The Bertz CT molecular complexity index is 806. The van der Waals surface area contributed by atoms with Crippen molar-refractivity contribution in [2.45, 2.75) is 6.04 Å². The maximum absolute atomic E-state index is 12.3. The molecular formula is C21H19LiN2O. The van der Waals surface area contributed by atoms with Gasteiger partial charge in [-0.15, -0.1) is 5.69 Å². The number of nitrogens with one attached hydrogen (secondary N) is 1. The van der Waals surface area contributed by atoms with Crippen molar-refractivity contribution < 1.29 is 23.7 Å². The van der Waals surface area contributed by atoms with Gasteiger partial charge in [0.05, 0.1) is 0 Å². The van der Waals surface area contributed by atoms with E-state index in [1.54, 1.807) is 7.05 Å². The molecule has 0 aliphatic heterocycles. The van der Waals surface area contributed by atoms with Crippen LogP contribution in [0.15, 0.2) is 84.9 Å². The monoisotopic (exact) mass is 322 g/mol. The zero-order valence-corrected chi connectivity index (χ0v) is 14.5. The van der Waals surface area contributed by atoms with Crippen molar-refractivity contribution in [3.63, 3.8) is 0 Å². The third-order valence-corrected chi connectivity index (χ3v) is 3.88. The number of benzene rings is 3. The molecule has 1 N–H and O–H groups in total. The van der Waals surface area contributed by atoms with E-state index in [4.69, 9.17) is 5.32 Å². The third-order valence-electron chi connectivity index (χ3n) is 3.88. The maximum atomic E-state index is 12.3. The molecule has 0 aliphatic carbocycles. The molecular weight excluding hydrogens is 303 g/mol. The van der Waals surface area contributed by atoms with Crippen LogP contribution in [-0.4, -0.2) is 13.0 Å². The van der Waals surface area contributed by atoms with E-state index in [2.05, 4.69) is 5.32 Å². The molecule has 0 saturated heterocycles. The molecule has 0 radical (unpaired) electrons. The minimum Gasteiger partial charge on any atom is -0.674 e. The van der Waals surface area contributed by atoms with Gasteiger partial charge < -0.3 is 10.6 Å². The Morgan fingerprint density at radius 3 is 2.04 bits per heavy atom. The second-order valence-corrected chi connectivity index (χ2v) is 5.44. The van der Waals surface area contributed by atoms with Gasteiger partial charge >= 0.3 is 18.9 Å². The summed E-state index contributed by atoms with van der Waals surface area (Å²) >= 11 is 0. The standard InChI is InChI=1S/C21H19N2O.Li/c1-22-21(24)19-15-9-8-14-18(19)20(16-10-4-2-5-11-16)23-17-12-6-3-7-13-17;/h2-15,20H,1H3,(H,22,24);/q-1;+1. The zero-order chi connectivity index (χ0) is 16.8. The van der Waals surface area contributed by atoms with Crippen LogP contribution in [0.1, 0.15) is 27.5 Å². The average Bonchev–Trinajstić information content (AvgIpc) is 2.67. The molecule has 0 aromatic heterocycles. The fraction of sp³-hybridized carbons (Fsp3) is 0.0952. The van der Waals surface area contributed by atoms with Crippen molar-refractivity contribution in [2.75, 3.05) is 7.05 Å². The number of hydrogen-bond donors (Lipinski definition) is 1. The summed E-state index contributed by atoms with van der Waals surface area (Å²) in [5.41, 5.74) is 3.48. The van der Waals surface area contributed by atoms with Crippen molar-refractivity contribution in [1.82, 2.24) is 5.32 Å². The van der Waals surface area contributed by atoms with Crippen LogP contribution in [-0.2, 0) is 0 Å². The molecule has 0 fully saturated rings. The summed E-state index contributed by atoms with van der Waals surface area (Å²) in [6.45, 7) is 0. The summed E-state index contributed by atoms with van der Waals surface area (Å²) in [6, 6.07) is 27.3. The second-order valence-electron chi connectivity index (χ2n) is 5.44. The van der Waals surface area contributed by atoms with E-state index in [0.717, 1.165) is 16.8 Å². The van der Waals surface area contributed by atoms with Gasteiger partial charge in [0.2, 0.25) is 0 Å². The van der Waals surface area contributed by atoms with Gasteiger partial charge in [-0.1, -0.05) is 90.5 Å². The molecule has 3 rings (SSSR count). The number of nitrogens with zero attached hydrogens (tertiary/aromatic N) is 1. The van der Waals surface area contributed by atoms with Gasteiger partial charge in [-0.2, -0.15) is 0 Å². The van der Waals surface area contributed by atoms with E-state index in [0.29, 0.717) is 5.56 Å². The van der Waals surface area contributed by atoms with Gasteiger partial charge in [-0.3, -0.25) is 4.79 Å². The van der Waals surface area contributed by atoms with E-state index in [9.17, 15) is 4.79 Å². The molecule has 3 aromatic rings. The Hall–Kier alpha value is -2.47. The molecule has 0 saturated carbocycles. The van der Waals surface area contributed by atoms with Crippen molar-refractivity contribution in [2.24, 2.45) is 0 Å². The molecule has 0 spiro atoms. The molecule has 4 heteroatoms.